The third-order valence-electron chi connectivity index (χ3n) is 1.47. The van der Waals surface area contributed by atoms with Crippen molar-refractivity contribution in [1.82, 2.24) is 0 Å². The number of allylic oxidation sites excluding steroid dienone is 5. The highest BCUT2D eigenvalue weighted by Gasteiger charge is 1.87. The van der Waals surface area contributed by atoms with Gasteiger partial charge in [0.05, 0.1) is 6.33 Å². The summed E-state index contributed by atoms with van der Waals surface area (Å²) in [6.45, 7) is 4.06. The summed E-state index contributed by atoms with van der Waals surface area (Å²) < 4.78 is 11.6. The molecule has 0 bridgehead atoms. The highest BCUT2D eigenvalue weighted by Crippen LogP contribution is 2.07. The highest BCUT2D eigenvalue weighted by atomic mass is 19.1. The van der Waals surface area contributed by atoms with Gasteiger partial charge in [-0.1, -0.05) is 30.7 Å². The minimum absolute atomic E-state index is 0.561. The fraction of sp³-hybridized carbons (Fsp3) is 0.400. The highest BCUT2D eigenvalue weighted by molar-refractivity contribution is 5.13. The van der Waals surface area contributed by atoms with Crippen molar-refractivity contribution in [3.8, 4) is 0 Å². The van der Waals surface area contributed by atoms with Crippen molar-refractivity contribution < 1.29 is 4.39 Å². The minimum atomic E-state index is 0.561. The van der Waals surface area contributed by atoms with Crippen molar-refractivity contribution in [3.05, 3.63) is 36.2 Å². The first-order valence-corrected chi connectivity index (χ1v) is 3.91. The predicted octanol–water partition coefficient (Wildman–Crippen LogP) is 3.77. The quantitative estimate of drug-likeness (QED) is 0.427. The van der Waals surface area contributed by atoms with Gasteiger partial charge in [-0.2, -0.15) is 0 Å². The number of halogens is 1. The fourth-order valence-corrected chi connectivity index (χ4v) is 0.772. The molecule has 0 amide bonds. The second-order valence-corrected chi connectivity index (χ2v) is 2.27. The van der Waals surface area contributed by atoms with Crippen LogP contribution in [0.5, 0.6) is 0 Å². The minimum Gasteiger partial charge on any atom is -0.216 e. The van der Waals surface area contributed by atoms with Gasteiger partial charge in [-0.3, -0.25) is 0 Å². The van der Waals surface area contributed by atoms with Crippen LogP contribution in [0.1, 0.15) is 26.7 Å². The molecule has 0 atom stereocenters. The lowest BCUT2D eigenvalue weighted by Gasteiger charge is -1.96. The molecule has 0 saturated heterocycles. The molecule has 0 fully saturated rings. The average Bonchev–Trinajstić information content (AvgIpc) is 2.05. The molecule has 0 aliphatic carbocycles. The molecule has 0 aromatic rings. The van der Waals surface area contributed by atoms with Crippen LogP contribution in [0.3, 0.4) is 0 Å². The molecule has 0 N–H and O–H groups in total. The maximum absolute atomic E-state index is 11.6. The molecule has 11 heavy (non-hydrogen) atoms. The molecule has 0 spiro atoms. The Kier molecular flexibility index (Phi) is 6.70. The molecule has 0 unspecified atom stereocenters. The largest absolute Gasteiger partial charge is 0.216 e. The van der Waals surface area contributed by atoms with E-state index in [1.807, 2.05) is 19.1 Å². The maximum atomic E-state index is 11.6. The van der Waals surface area contributed by atoms with E-state index in [9.17, 15) is 4.39 Å². The fourth-order valence-electron chi connectivity index (χ4n) is 0.772. The Morgan fingerprint density at radius 3 is 2.64 bits per heavy atom. The maximum Gasteiger partial charge on any atom is 0.0866 e. The van der Waals surface area contributed by atoms with Crippen LogP contribution in [0.25, 0.3) is 0 Å². The Morgan fingerprint density at radius 2 is 2.18 bits per heavy atom. The summed E-state index contributed by atoms with van der Waals surface area (Å²) >= 11 is 0. The summed E-state index contributed by atoms with van der Waals surface area (Å²) in [5.74, 6) is 0. The van der Waals surface area contributed by atoms with Crippen LogP contribution in [0.4, 0.5) is 4.39 Å². The van der Waals surface area contributed by atoms with E-state index in [1.54, 1.807) is 0 Å². The Bertz CT molecular complexity index is 164. The Morgan fingerprint density at radius 1 is 1.45 bits per heavy atom. The molecule has 62 valence electrons. The van der Waals surface area contributed by atoms with Gasteiger partial charge in [-0.25, -0.2) is 4.39 Å². The lowest BCUT2D eigenvalue weighted by atomic mass is 10.1. The van der Waals surface area contributed by atoms with E-state index in [2.05, 4.69) is 13.0 Å². The molecule has 0 rings (SSSR count). The van der Waals surface area contributed by atoms with Gasteiger partial charge in [0.25, 0.3) is 0 Å². The second-order valence-electron chi connectivity index (χ2n) is 2.27. The van der Waals surface area contributed by atoms with Crippen LogP contribution in [0.15, 0.2) is 36.2 Å². The van der Waals surface area contributed by atoms with Crippen molar-refractivity contribution in [2.75, 3.05) is 0 Å². The number of hydrogen-bond donors (Lipinski definition) is 0. The topological polar surface area (TPSA) is 0 Å². The first-order chi connectivity index (χ1) is 5.35. The molecule has 0 saturated carbocycles. The van der Waals surface area contributed by atoms with Crippen LogP contribution >= 0.6 is 0 Å². The van der Waals surface area contributed by atoms with Crippen molar-refractivity contribution in [3.63, 3.8) is 0 Å². The molecule has 0 radical (unpaired) electrons. The van der Waals surface area contributed by atoms with E-state index in [0.717, 1.165) is 12.8 Å². The van der Waals surface area contributed by atoms with Crippen molar-refractivity contribution in [2.45, 2.75) is 26.7 Å². The van der Waals surface area contributed by atoms with E-state index in [1.165, 1.54) is 11.6 Å². The van der Waals surface area contributed by atoms with Crippen molar-refractivity contribution in [2.24, 2.45) is 0 Å². The summed E-state index contributed by atoms with van der Waals surface area (Å²) in [5, 5.41) is 0. The molecule has 1 heteroatoms. The van der Waals surface area contributed by atoms with Gasteiger partial charge in [0.1, 0.15) is 0 Å². The zero-order valence-electron chi connectivity index (χ0n) is 7.18. The smallest absolute Gasteiger partial charge is 0.0866 e. The zero-order valence-corrected chi connectivity index (χ0v) is 7.18. The van der Waals surface area contributed by atoms with Gasteiger partial charge in [0.2, 0.25) is 0 Å². The lowest BCUT2D eigenvalue weighted by Crippen LogP contribution is -1.76. The lowest BCUT2D eigenvalue weighted by molar-refractivity contribution is 0.721. The zero-order chi connectivity index (χ0) is 8.53. The average molecular weight is 154 g/mol. The third-order valence-corrected chi connectivity index (χ3v) is 1.47. The molecule has 0 aliphatic heterocycles. The van der Waals surface area contributed by atoms with Crippen molar-refractivity contribution in [1.29, 1.82) is 0 Å². The van der Waals surface area contributed by atoms with Gasteiger partial charge in [-0.15, -0.1) is 0 Å². The van der Waals surface area contributed by atoms with Gasteiger partial charge in [0.15, 0.2) is 0 Å². The van der Waals surface area contributed by atoms with Crippen LogP contribution in [0, 0.1) is 0 Å². The summed E-state index contributed by atoms with van der Waals surface area (Å²) in [6.07, 6.45) is 9.80. The summed E-state index contributed by atoms with van der Waals surface area (Å²) in [4.78, 5) is 0. The molecular formula is C10H15F. The second kappa shape index (κ2) is 7.26. The molecule has 0 heterocycles. The number of rotatable bonds is 4. The number of hydrogen-bond acceptors (Lipinski definition) is 0. The Labute approximate surface area is 68.1 Å². The molecule has 0 aromatic carbocycles. The van der Waals surface area contributed by atoms with Gasteiger partial charge in [-0.05, 0) is 25.8 Å². The molecular weight excluding hydrogens is 139 g/mol. The van der Waals surface area contributed by atoms with Gasteiger partial charge in [0, 0.05) is 0 Å². The summed E-state index contributed by atoms with van der Waals surface area (Å²) in [7, 11) is 0. The van der Waals surface area contributed by atoms with E-state index in [0.29, 0.717) is 6.33 Å². The first-order valence-electron chi connectivity index (χ1n) is 3.91. The molecule has 0 nitrogen and oxygen atoms in total. The van der Waals surface area contributed by atoms with E-state index >= 15 is 0 Å². The SMILES string of the molecule is CC=CC/C(=C\C=C\F)CC. The van der Waals surface area contributed by atoms with Crippen LogP contribution in [0.2, 0.25) is 0 Å². The van der Waals surface area contributed by atoms with Crippen LogP contribution < -0.4 is 0 Å². The summed E-state index contributed by atoms with van der Waals surface area (Å²) in [5.41, 5.74) is 1.25. The Balaban J connectivity index is 3.93. The van der Waals surface area contributed by atoms with Crippen LogP contribution in [-0.2, 0) is 0 Å². The van der Waals surface area contributed by atoms with E-state index in [4.69, 9.17) is 0 Å². The Hall–Kier alpha value is -0.850. The predicted molar refractivity (Wildman–Crippen MR) is 48.1 cm³/mol. The van der Waals surface area contributed by atoms with Crippen LogP contribution in [-0.4, -0.2) is 0 Å². The van der Waals surface area contributed by atoms with Gasteiger partial charge < -0.3 is 0 Å². The normalized spacial score (nSPS) is 13.5. The molecule has 0 aromatic heterocycles. The van der Waals surface area contributed by atoms with E-state index < -0.39 is 0 Å². The summed E-state index contributed by atoms with van der Waals surface area (Å²) in [6, 6.07) is 0. The monoisotopic (exact) mass is 154 g/mol. The third kappa shape index (κ3) is 5.59. The molecule has 0 aliphatic rings. The van der Waals surface area contributed by atoms with Crippen molar-refractivity contribution >= 4 is 0 Å². The van der Waals surface area contributed by atoms with Gasteiger partial charge >= 0.3 is 0 Å². The first kappa shape index (κ1) is 10.2. The van der Waals surface area contributed by atoms with E-state index in [-0.39, 0.29) is 0 Å². The standard InChI is InChI=1S/C10H15F/c1-3-5-7-10(4-2)8-6-9-11/h3,5-6,8-9H,4,7H2,1-2H3/b5-3?,9-6+,10-8-.